The first kappa shape index (κ1) is 30.0. The second kappa shape index (κ2) is 13.7. The molecule has 7 rings (SSSR count). The smallest absolute Gasteiger partial charge is 0.166 e. The monoisotopic (exact) mass is 594 g/mol. The van der Waals surface area contributed by atoms with E-state index in [-0.39, 0.29) is 0 Å². The van der Waals surface area contributed by atoms with E-state index >= 15 is 0 Å². The van der Waals surface area contributed by atoms with Crippen molar-refractivity contribution < 1.29 is 0 Å². The number of hydrogen-bond acceptors (Lipinski definition) is 8. The topological polar surface area (TPSA) is 111 Å². The summed E-state index contributed by atoms with van der Waals surface area (Å²) in [5, 5.41) is 6.59. The molecule has 2 saturated carbocycles. The van der Waals surface area contributed by atoms with Crippen LogP contribution in [0.4, 0.5) is 11.6 Å². The van der Waals surface area contributed by atoms with Crippen molar-refractivity contribution in [2.75, 3.05) is 23.7 Å². The fourth-order valence-corrected chi connectivity index (χ4v) is 5.96. The Labute approximate surface area is 260 Å². The summed E-state index contributed by atoms with van der Waals surface area (Å²) in [5.74, 6) is 7.16. The van der Waals surface area contributed by atoms with Crippen LogP contribution in [0.5, 0.6) is 0 Å². The maximum absolute atomic E-state index is 4.85. The van der Waals surface area contributed by atoms with Crippen LogP contribution in [0.1, 0.15) is 102 Å². The summed E-state index contributed by atoms with van der Waals surface area (Å²) in [4.78, 5) is 28.2. The molecule has 6 aliphatic rings. The van der Waals surface area contributed by atoms with Crippen molar-refractivity contribution in [3.05, 3.63) is 60.2 Å². The SMILES string of the molecule is CCNc1ncn(CC2CCCCC2)c2nc(C3CC3)nc1-2.CCNc1ncn(Cc2ccccc2)c2nc(C(C)C)nc1-2. The Kier molecular flexibility index (Phi) is 9.33. The summed E-state index contributed by atoms with van der Waals surface area (Å²) < 4.78 is 4.30. The van der Waals surface area contributed by atoms with E-state index < -0.39 is 0 Å². The van der Waals surface area contributed by atoms with Gasteiger partial charge in [0.05, 0.1) is 19.2 Å². The van der Waals surface area contributed by atoms with Crippen molar-refractivity contribution in [3.63, 3.8) is 0 Å². The molecule has 232 valence electrons. The fourth-order valence-electron chi connectivity index (χ4n) is 5.96. The van der Waals surface area contributed by atoms with E-state index in [9.17, 15) is 0 Å². The van der Waals surface area contributed by atoms with E-state index in [2.05, 4.69) is 74.5 Å². The molecule has 0 atom stereocenters. The number of imidazole rings is 2. The van der Waals surface area contributed by atoms with E-state index in [0.29, 0.717) is 11.8 Å². The zero-order valence-electron chi connectivity index (χ0n) is 26.6. The van der Waals surface area contributed by atoms with Gasteiger partial charge in [-0.15, -0.1) is 0 Å². The molecule has 0 amide bonds. The van der Waals surface area contributed by atoms with E-state index in [0.717, 1.165) is 78.4 Å². The van der Waals surface area contributed by atoms with Crippen LogP contribution in [0.25, 0.3) is 23.0 Å². The molecule has 10 heteroatoms. The van der Waals surface area contributed by atoms with Gasteiger partial charge < -0.3 is 19.8 Å². The first-order valence-electron chi connectivity index (χ1n) is 16.5. The highest BCUT2D eigenvalue weighted by atomic mass is 15.2. The van der Waals surface area contributed by atoms with Crippen molar-refractivity contribution in [1.82, 2.24) is 39.0 Å². The van der Waals surface area contributed by atoms with Crippen LogP contribution in [0.2, 0.25) is 0 Å². The molecule has 1 aromatic rings. The molecule has 2 N–H and O–H groups in total. The first-order valence-corrected chi connectivity index (χ1v) is 16.5. The quantitative estimate of drug-likeness (QED) is 0.177. The molecular formula is C34H46N10. The largest absolute Gasteiger partial charge is 0.368 e. The molecule has 4 aliphatic heterocycles. The number of rotatable bonds is 10. The molecule has 2 aliphatic carbocycles. The van der Waals surface area contributed by atoms with Gasteiger partial charge in [-0.2, -0.15) is 0 Å². The molecular weight excluding hydrogens is 548 g/mol. The maximum atomic E-state index is 4.85. The van der Waals surface area contributed by atoms with Crippen LogP contribution < -0.4 is 10.6 Å². The van der Waals surface area contributed by atoms with Gasteiger partial charge in [0.1, 0.15) is 11.6 Å². The lowest BCUT2D eigenvalue weighted by Crippen LogP contribution is -2.17. The molecule has 0 saturated heterocycles. The van der Waals surface area contributed by atoms with E-state index in [4.69, 9.17) is 15.0 Å². The molecule has 0 aromatic heterocycles. The molecule has 10 nitrogen and oxygen atoms in total. The molecule has 44 heavy (non-hydrogen) atoms. The number of benzene rings is 1. The Morgan fingerprint density at radius 2 is 1.39 bits per heavy atom. The van der Waals surface area contributed by atoms with Gasteiger partial charge in [0.2, 0.25) is 0 Å². The van der Waals surface area contributed by atoms with Crippen molar-refractivity contribution in [2.45, 2.75) is 97.6 Å². The van der Waals surface area contributed by atoms with Gasteiger partial charge in [-0.25, -0.2) is 29.9 Å². The Bertz CT molecular complexity index is 1560. The van der Waals surface area contributed by atoms with E-state index in [1.807, 2.05) is 30.9 Å². The van der Waals surface area contributed by atoms with Crippen molar-refractivity contribution in [3.8, 4) is 23.0 Å². The van der Waals surface area contributed by atoms with Crippen LogP contribution in [0, 0.1) is 5.92 Å². The average Bonchev–Trinajstić information content (AvgIpc) is 3.61. The number of fused-ring (bicyclic) bond motifs is 2. The molecule has 4 heterocycles. The fraction of sp³-hybridized carbons (Fsp3) is 0.529. The van der Waals surface area contributed by atoms with Gasteiger partial charge in [-0.3, -0.25) is 0 Å². The lowest BCUT2D eigenvalue weighted by atomic mass is 9.89. The summed E-state index contributed by atoms with van der Waals surface area (Å²) in [6, 6.07) is 10.3. The summed E-state index contributed by atoms with van der Waals surface area (Å²) in [6.07, 6.45) is 13.1. The summed E-state index contributed by atoms with van der Waals surface area (Å²) in [6.45, 7) is 11.8. The van der Waals surface area contributed by atoms with Gasteiger partial charge in [-0.05, 0) is 51.0 Å². The minimum absolute atomic E-state index is 0.298. The van der Waals surface area contributed by atoms with Crippen LogP contribution in [0.15, 0.2) is 43.0 Å². The van der Waals surface area contributed by atoms with Gasteiger partial charge in [0.25, 0.3) is 0 Å². The number of aromatic nitrogens is 8. The van der Waals surface area contributed by atoms with Crippen LogP contribution in [-0.4, -0.2) is 52.1 Å². The van der Waals surface area contributed by atoms with Crippen LogP contribution >= 0.6 is 0 Å². The average molecular weight is 595 g/mol. The highest BCUT2D eigenvalue weighted by Crippen LogP contribution is 2.41. The van der Waals surface area contributed by atoms with Gasteiger partial charge >= 0.3 is 0 Å². The Hall–Kier alpha value is -4.08. The Morgan fingerprint density at radius 3 is 2.02 bits per heavy atom. The second-order valence-corrected chi connectivity index (χ2v) is 12.5. The van der Waals surface area contributed by atoms with Crippen molar-refractivity contribution >= 4 is 11.6 Å². The highest BCUT2D eigenvalue weighted by Gasteiger charge is 2.31. The maximum Gasteiger partial charge on any atom is 0.166 e. The zero-order valence-corrected chi connectivity index (χ0v) is 26.6. The Balaban J connectivity index is 0.000000156. The lowest BCUT2D eigenvalue weighted by Gasteiger charge is -2.23. The van der Waals surface area contributed by atoms with E-state index in [1.54, 1.807) is 0 Å². The minimum atomic E-state index is 0.298. The minimum Gasteiger partial charge on any atom is -0.368 e. The molecule has 0 bridgehead atoms. The van der Waals surface area contributed by atoms with E-state index in [1.165, 1.54) is 50.5 Å². The predicted octanol–water partition coefficient (Wildman–Crippen LogP) is 7.05. The predicted molar refractivity (Wildman–Crippen MR) is 175 cm³/mol. The second-order valence-electron chi connectivity index (χ2n) is 12.5. The van der Waals surface area contributed by atoms with Crippen molar-refractivity contribution in [1.29, 1.82) is 0 Å². The van der Waals surface area contributed by atoms with Gasteiger partial charge in [0.15, 0.2) is 34.7 Å². The molecule has 1 aromatic carbocycles. The molecule has 0 spiro atoms. The molecule has 0 unspecified atom stereocenters. The van der Waals surface area contributed by atoms with Gasteiger partial charge in [0, 0.05) is 31.5 Å². The Morgan fingerprint density at radius 1 is 0.750 bits per heavy atom. The number of nitrogens with one attached hydrogen (secondary N) is 2. The standard InChI is InChI=1S/C17H25N5.C17H21N5/c1-2-18-16-14-17(21-15(20-14)13-8-9-13)22(11-19-16)10-12-6-4-3-5-7-12;1-4-18-16-14-17(21-15(20-14)12(2)3)22(11-19-16)10-13-8-6-5-7-9-13/h11-13,18H,2-10H2,1H3;5-9,11-12,18H,4,10H2,1-3H3. The number of hydrogen-bond donors (Lipinski definition) is 2. The third-order valence-corrected chi connectivity index (χ3v) is 8.49. The molecule has 0 radical (unpaired) electrons. The number of nitrogens with zero attached hydrogens (tertiary/aromatic N) is 8. The van der Waals surface area contributed by atoms with Crippen molar-refractivity contribution in [2.24, 2.45) is 5.92 Å². The van der Waals surface area contributed by atoms with Gasteiger partial charge in [-0.1, -0.05) is 63.4 Å². The zero-order chi connectivity index (χ0) is 30.5. The third kappa shape index (κ3) is 6.84. The molecule has 2 fully saturated rings. The first-order chi connectivity index (χ1) is 21.5. The number of anilines is 2. The summed E-state index contributed by atoms with van der Waals surface area (Å²) >= 11 is 0. The highest BCUT2D eigenvalue weighted by molar-refractivity contribution is 5.68. The summed E-state index contributed by atoms with van der Waals surface area (Å²) in [7, 11) is 0. The lowest BCUT2D eigenvalue weighted by molar-refractivity contribution is 0.318. The summed E-state index contributed by atoms with van der Waals surface area (Å²) in [5.41, 5.74) is 3.03. The normalized spacial score (nSPS) is 15.5. The van der Waals surface area contributed by atoms with Crippen LogP contribution in [0.3, 0.4) is 0 Å². The third-order valence-electron chi connectivity index (χ3n) is 8.49. The van der Waals surface area contributed by atoms with Crippen LogP contribution in [-0.2, 0) is 13.1 Å².